The third-order valence-electron chi connectivity index (χ3n) is 2.84. The second-order valence-electron chi connectivity index (χ2n) is 5.11. The van der Waals surface area contributed by atoms with Crippen molar-refractivity contribution in [3.8, 4) is 0 Å². The molecule has 2 atom stereocenters. The number of hydrogen-bond donors (Lipinski definition) is 2. The maximum absolute atomic E-state index is 9.85. The average Bonchev–Trinajstić information content (AvgIpc) is 2.35. The van der Waals surface area contributed by atoms with Crippen molar-refractivity contribution in [1.82, 2.24) is 0 Å². The molecule has 0 amide bonds. The van der Waals surface area contributed by atoms with Gasteiger partial charge in [0.15, 0.2) is 0 Å². The van der Waals surface area contributed by atoms with Crippen LogP contribution in [0.4, 0.5) is 0 Å². The van der Waals surface area contributed by atoms with Crippen LogP contribution in [0.1, 0.15) is 32.3 Å². The summed E-state index contributed by atoms with van der Waals surface area (Å²) < 4.78 is 0. The van der Waals surface area contributed by atoms with Crippen molar-refractivity contribution >= 4 is 0 Å². The zero-order valence-corrected chi connectivity index (χ0v) is 11.3. The first kappa shape index (κ1) is 14.9. The van der Waals surface area contributed by atoms with E-state index in [9.17, 15) is 10.2 Å². The Labute approximate surface area is 110 Å². The Hall–Kier alpha value is -1.12. The molecule has 0 spiro atoms. The molecule has 0 heterocycles. The summed E-state index contributed by atoms with van der Waals surface area (Å²) in [5.74, 6) is 0.432. The average molecular weight is 248 g/mol. The number of aliphatic hydroxyl groups is 2. The molecule has 1 rings (SSSR count). The second-order valence-corrected chi connectivity index (χ2v) is 5.11. The predicted octanol–water partition coefficient (Wildman–Crippen LogP) is 2.94. The van der Waals surface area contributed by atoms with Gasteiger partial charge in [0.2, 0.25) is 0 Å². The highest BCUT2D eigenvalue weighted by Crippen LogP contribution is 2.10. The predicted molar refractivity (Wildman–Crippen MR) is 75.4 cm³/mol. The first-order chi connectivity index (χ1) is 8.58. The van der Waals surface area contributed by atoms with Crippen LogP contribution in [-0.2, 0) is 6.42 Å². The van der Waals surface area contributed by atoms with Gasteiger partial charge in [-0.25, -0.2) is 0 Å². The molecule has 0 fully saturated rings. The zero-order valence-electron chi connectivity index (χ0n) is 11.3. The highest BCUT2D eigenvalue weighted by atomic mass is 16.3. The molecule has 0 bridgehead atoms. The summed E-state index contributed by atoms with van der Waals surface area (Å²) in [4.78, 5) is 0. The Kier molecular flexibility index (Phi) is 6.69. The molecule has 1 aromatic rings. The normalized spacial score (nSPS) is 15.2. The third kappa shape index (κ3) is 6.58. The van der Waals surface area contributed by atoms with E-state index in [0.29, 0.717) is 18.8 Å². The lowest BCUT2D eigenvalue weighted by atomic mass is 10.0. The summed E-state index contributed by atoms with van der Waals surface area (Å²) in [6.07, 6.45) is 4.70. The molecule has 0 unspecified atom stereocenters. The van der Waals surface area contributed by atoms with Gasteiger partial charge >= 0.3 is 0 Å². The Morgan fingerprint density at radius 3 is 2.33 bits per heavy atom. The van der Waals surface area contributed by atoms with Crippen molar-refractivity contribution in [3.05, 3.63) is 48.0 Å². The van der Waals surface area contributed by atoms with E-state index in [0.717, 1.165) is 6.42 Å². The molecule has 0 aliphatic carbocycles. The van der Waals surface area contributed by atoms with Crippen molar-refractivity contribution in [2.45, 2.75) is 45.3 Å². The lowest BCUT2D eigenvalue weighted by Gasteiger charge is -2.13. The molecule has 0 aromatic heterocycles. The van der Waals surface area contributed by atoms with Crippen LogP contribution in [0.3, 0.4) is 0 Å². The summed E-state index contributed by atoms with van der Waals surface area (Å²) in [6, 6.07) is 10.1. The van der Waals surface area contributed by atoms with Gasteiger partial charge in [-0.15, -0.1) is 0 Å². The maximum atomic E-state index is 9.85. The highest BCUT2D eigenvalue weighted by molar-refractivity contribution is 5.14. The zero-order chi connectivity index (χ0) is 13.4. The number of rotatable bonds is 7. The van der Waals surface area contributed by atoms with E-state index in [1.54, 1.807) is 6.08 Å². The van der Waals surface area contributed by atoms with E-state index in [1.165, 1.54) is 5.56 Å². The van der Waals surface area contributed by atoms with Gasteiger partial charge in [-0.2, -0.15) is 0 Å². The molecule has 1 aromatic carbocycles. The number of aliphatic hydroxyl groups excluding tert-OH is 2. The van der Waals surface area contributed by atoms with Crippen LogP contribution in [0, 0.1) is 5.92 Å². The first-order valence-corrected chi connectivity index (χ1v) is 6.66. The van der Waals surface area contributed by atoms with Crippen molar-refractivity contribution in [2.24, 2.45) is 5.92 Å². The molecule has 0 saturated heterocycles. The van der Waals surface area contributed by atoms with Crippen LogP contribution in [-0.4, -0.2) is 22.4 Å². The molecule has 0 radical (unpaired) electrons. The Morgan fingerprint density at radius 2 is 1.72 bits per heavy atom. The van der Waals surface area contributed by atoms with Crippen molar-refractivity contribution in [1.29, 1.82) is 0 Å². The van der Waals surface area contributed by atoms with Crippen LogP contribution in [0.25, 0.3) is 0 Å². The first-order valence-electron chi connectivity index (χ1n) is 6.66. The van der Waals surface area contributed by atoms with Crippen LogP contribution < -0.4 is 0 Å². The minimum Gasteiger partial charge on any atom is -0.393 e. The summed E-state index contributed by atoms with van der Waals surface area (Å²) in [6.45, 7) is 4.13. The standard InChI is InChI=1S/C16H24O2/c1-13(2)8-10-15(17)12-16(18)11-9-14-6-4-3-5-7-14/h3-8,10,13,15-18H,9,11-12H2,1-2H3/b10-8+/t15-,16+/m1/s1. The van der Waals surface area contributed by atoms with Gasteiger partial charge in [-0.3, -0.25) is 0 Å². The molecular weight excluding hydrogens is 224 g/mol. The van der Waals surface area contributed by atoms with Crippen LogP contribution in [0.5, 0.6) is 0 Å². The van der Waals surface area contributed by atoms with E-state index in [1.807, 2.05) is 24.3 Å². The van der Waals surface area contributed by atoms with E-state index >= 15 is 0 Å². The summed E-state index contributed by atoms with van der Waals surface area (Å²) in [7, 11) is 0. The topological polar surface area (TPSA) is 40.5 Å². The highest BCUT2D eigenvalue weighted by Gasteiger charge is 2.09. The number of aryl methyl sites for hydroxylation is 1. The molecule has 0 saturated carbocycles. The van der Waals surface area contributed by atoms with E-state index in [2.05, 4.69) is 26.0 Å². The Morgan fingerprint density at radius 1 is 1.06 bits per heavy atom. The Balaban J connectivity index is 2.27. The number of hydrogen-bond acceptors (Lipinski definition) is 2. The summed E-state index contributed by atoms with van der Waals surface area (Å²) in [5.41, 5.74) is 1.23. The van der Waals surface area contributed by atoms with Crippen molar-refractivity contribution in [2.75, 3.05) is 0 Å². The lowest BCUT2D eigenvalue weighted by Crippen LogP contribution is -2.16. The van der Waals surface area contributed by atoms with Gasteiger partial charge < -0.3 is 10.2 Å². The van der Waals surface area contributed by atoms with Gasteiger partial charge in [-0.1, -0.05) is 56.3 Å². The number of allylic oxidation sites excluding steroid dienone is 1. The monoisotopic (exact) mass is 248 g/mol. The van der Waals surface area contributed by atoms with Gasteiger partial charge in [0.25, 0.3) is 0 Å². The van der Waals surface area contributed by atoms with Gasteiger partial charge in [0.1, 0.15) is 0 Å². The summed E-state index contributed by atoms with van der Waals surface area (Å²) in [5, 5.41) is 19.6. The molecule has 2 heteroatoms. The molecule has 0 aliphatic heterocycles. The molecule has 18 heavy (non-hydrogen) atoms. The van der Waals surface area contributed by atoms with E-state index in [-0.39, 0.29) is 0 Å². The molecule has 2 N–H and O–H groups in total. The minimum atomic E-state index is -0.543. The van der Waals surface area contributed by atoms with E-state index in [4.69, 9.17) is 0 Å². The fraction of sp³-hybridized carbons (Fsp3) is 0.500. The molecule has 100 valence electrons. The van der Waals surface area contributed by atoms with Crippen LogP contribution in [0.2, 0.25) is 0 Å². The third-order valence-corrected chi connectivity index (χ3v) is 2.84. The van der Waals surface area contributed by atoms with Gasteiger partial charge in [0, 0.05) is 6.42 Å². The van der Waals surface area contributed by atoms with Crippen LogP contribution in [0.15, 0.2) is 42.5 Å². The van der Waals surface area contributed by atoms with Crippen LogP contribution >= 0.6 is 0 Å². The molecular formula is C16H24O2. The fourth-order valence-electron chi connectivity index (χ4n) is 1.80. The minimum absolute atomic E-state index is 0.413. The summed E-state index contributed by atoms with van der Waals surface area (Å²) >= 11 is 0. The number of benzene rings is 1. The Bertz CT molecular complexity index is 343. The largest absolute Gasteiger partial charge is 0.393 e. The lowest BCUT2D eigenvalue weighted by molar-refractivity contribution is 0.0978. The molecule has 2 nitrogen and oxygen atoms in total. The SMILES string of the molecule is CC(C)/C=C/[C@@H](O)C[C@@H](O)CCc1ccccc1. The van der Waals surface area contributed by atoms with Crippen molar-refractivity contribution < 1.29 is 10.2 Å². The maximum Gasteiger partial charge on any atom is 0.0745 e. The van der Waals surface area contributed by atoms with Gasteiger partial charge in [0.05, 0.1) is 12.2 Å². The smallest absolute Gasteiger partial charge is 0.0745 e. The fourth-order valence-corrected chi connectivity index (χ4v) is 1.80. The quantitative estimate of drug-likeness (QED) is 0.728. The van der Waals surface area contributed by atoms with Gasteiger partial charge in [-0.05, 0) is 24.3 Å². The molecule has 0 aliphatic rings. The second kappa shape index (κ2) is 8.06. The van der Waals surface area contributed by atoms with E-state index < -0.39 is 12.2 Å². The van der Waals surface area contributed by atoms with Crippen molar-refractivity contribution in [3.63, 3.8) is 0 Å².